The van der Waals surface area contributed by atoms with Crippen molar-refractivity contribution in [3.05, 3.63) is 193 Å². The van der Waals surface area contributed by atoms with Crippen molar-refractivity contribution >= 4 is 43.6 Å². The van der Waals surface area contributed by atoms with Crippen LogP contribution >= 0.6 is 0 Å². The molecule has 1 unspecified atom stereocenters. The average molecular weight is 665 g/mol. The molecule has 3 aromatic heterocycles. The summed E-state index contributed by atoms with van der Waals surface area (Å²) in [5, 5.41) is 4.92. The Morgan fingerprint density at radius 3 is 1.75 bits per heavy atom. The van der Waals surface area contributed by atoms with Crippen LogP contribution in [0.4, 0.5) is 0 Å². The molecule has 1 aliphatic carbocycles. The van der Waals surface area contributed by atoms with Gasteiger partial charge < -0.3 is 13.9 Å². The maximum Gasteiger partial charge on any atom is 0.134 e. The number of fused-ring (bicyclic) bond motifs is 15. The molecule has 0 radical (unpaired) electrons. The molecular formula is C47H28N4O. The van der Waals surface area contributed by atoms with Crippen LogP contribution in [0.25, 0.3) is 66.1 Å². The van der Waals surface area contributed by atoms with Crippen LogP contribution < -0.4 is 4.74 Å². The number of nitrogens with zero attached hydrogens (tertiary/aromatic N) is 4. The molecule has 5 nitrogen and oxygen atoms in total. The van der Waals surface area contributed by atoms with Crippen molar-refractivity contribution in [1.29, 1.82) is 0 Å². The molecule has 0 N–H and O–H groups in total. The highest BCUT2D eigenvalue weighted by molar-refractivity contribution is 6.12. The molecule has 12 rings (SSSR count). The predicted molar refractivity (Wildman–Crippen MR) is 208 cm³/mol. The summed E-state index contributed by atoms with van der Waals surface area (Å²) in [4.78, 5) is 9.45. The van der Waals surface area contributed by atoms with Gasteiger partial charge in [0.2, 0.25) is 0 Å². The first-order chi connectivity index (χ1) is 25.8. The van der Waals surface area contributed by atoms with Crippen molar-refractivity contribution < 1.29 is 4.74 Å². The molecule has 5 heteroatoms. The molecule has 4 heterocycles. The van der Waals surface area contributed by atoms with E-state index in [1.54, 1.807) is 6.33 Å². The first-order valence-corrected chi connectivity index (χ1v) is 17.6. The minimum absolute atomic E-state index is 0.629. The van der Waals surface area contributed by atoms with E-state index in [0.29, 0.717) is 0 Å². The molecule has 1 aliphatic heterocycles. The highest BCUT2D eigenvalue weighted by Gasteiger charge is 2.52. The number of rotatable bonds is 2. The third-order valence-corrected chi connectivity index (χ3v) is 11.3. The Hall–Kier alpha value is -6.98. The molecule has 0 fully saturated rings. The van der Waals surface area contributed by atoms with Crippen molar-refractivity contribution in [3.63, 3.8) is 0 Å². The van der Waals surface area contributed by atoms with Gasteiger partial charge >= 0.3 is 0 Å². The van der Waals surface area contributed by atoms with E-state index in [2.05, 4.69) is 166 Å². The van der Waals surface area contributed by atoms with Crippen molar-refractivity contribution in [2.45, 2.75) is 5.41 Å². The lowest BCUT2D eigenvalue weighted by Gasteiger charge is -2.38. The smallest absolute Gasteiger partial charge is 0.134 e. The van der Waals surface area contributed by atoms with E-state index < -0.39 is 5.41 Å². The summed E-state index contributed by atoms with van der Waals surface area (Å²) in [5.41, 5.74) is 12.8. The van der Waals surface area contributed by atoms with E-state index in [9.17, 15) is 0 Å². The topological polar surface area (TPSA) is 44.9 Å². The van der Waals surface area contributed by atoms with Gasteiger partial charge in [-0.25, -0.2) is 9.97 Å². The van der Waals surface area contributed by atoms with Crippen molar-refractivity contribution in [2.75, 3.05) is 0 Å². The van der Waals surface area contributed by atoms with E-state index in [1.807, 2.05) is 12.3 Å². The maximum atomic E-state index is 6.85. The summed E-state index contributed by atoms with van der Waals surface area (Å²) >= 11 is 0. The van der Waals surface area contributed by atoms with Crippen LogP contribution in [0.1, 0.15) is 22.4 Å². The van der Waals surface area contributed by atoms with Gasteiger partial charge in [0.25, 0.3) is 0 Å². The molecule has 0 bridgehead atoms. The first-order valence-electron chi connectivity index (χ1n) is 17.6. The fraction of sp³-hybridized carbons (Fsp3) is 0.0213. The Kier molecular flexibility index (Phi) is 5.37. The first kappa shape index (κ1) is 27.8. The van der Waals surface area contributed by atoms with Crippen LogP contribution in [0.3, 0.4) is 0 Å². The van der Waals surface area contributed by atoms with E-state index in [-0.39, 0.29) is 0 Å². The minimum atomic E-state index is -0.629. The zero-order valence-electron chi connectivity index (χ0n) is 27.9. The second-order valence-electron chi connectivity index (χ2n) is 13.8. The molecule has 7 aromatic carbocycles. The fourth-order valence-corrected chi connectivity index (χ4v) is 9.30. The van der Waals surface area contributed by atoms with Gasteiger partial charge in [-0.05, 0) is 59.7 Å². The molecule has 1 atom stereocenters. The summed E-state index contributed by atoms with van der Waals surface area (Å²) in [6.45, 7) is 0. The fourth-order valence-electron chi connectivity index (χ4n) is 9.30. The summed E-state index contributed by atoms with van der Waals surface area (Å²) in [6, 6.07) is 56.7. The average Bonchev–Trinajstić information content (AvgIpc) is 3.82. The largest absolute Gasteiger partial charge is 0.457 e. The quantitative estimate of drug-likeness (QED) is 0.185. The lowest BCUT2D eigenvalue weighted by molar-refractivity contribution is 0.434. The summed E-state index contributed by atoms with van der Waals surface area (Å²) in [7, 11) is 0. The Morgan fingerprint density at radius 2 is 1.00 bits per heavy atom. The van der Waals surface area contributed by atoms with Gasteiger partial charge in [-0.2, -0.15) is 0 Å². The zero-order chi connectivity index (χ0) is 34.0. The van der Waals surface area contributed by atoms with Gasteiger partial charge in [-0.3, -0.25) is 0 Å². The summed E-state index contributed by atoms with van der Waals surface area (Å²) in [6.07, 6.45) is 3.62. The van der Waals surface area contributed by atoms with E-state index in [0.717, 1.165) is 61.9 Å². The third kappa shape index (κ3) is 3.42. The maximum absolute atomic E-state index is 6.85. The Morgan fingerprint density at radius 1 is 0.442 bits per heavy atom. The van der Waals surface area contributed by atoms with Crippen LogP contribution in [0.2, 0.25) is 0 Å². The Balaban J connectivity index is 1.10. The van der Waals surface area contributed by atoms with Gasteiger partial charge in [0.15, 0.2) is 0 Å². The summed E-state index contributed by atoms with van der Waals surface area (Å²) in [5.74, 6) is 1.66. The second kappa shape index (κ2) is 10.1. The number of hydrogen-bond donors (Lipinski definition) is 0. The Labute approximate surface area is 298 Å². The second-order valence-corrected chi connectivity index (χ2v) is 13.8. The Bertz CT molecular complexity index is 3030. The van der Waals surface area contributed by atoms with Gasteiger partial charge in [0.1, 0.15) is 17.8 Å². The number of ether oxygens (including phenoxy) is 1. The van der Waals surface area contributed by atoms with Crippen LogP contribution in [-0.4, -0.2) is 19.1 Å². The van der Waals surface area contributed by atoms with Gasteiger partial charge in [-0.15, -0.1) is 0 Å². The van der Waals surface area contributed by atoms with Crippen molar-refractivity contribution in [1.82, 2.24) is 19.1 Å². The van der Waals surface area contributed by atoms with Crippen LogP contribution in [-0.2, 0) is 5.41 Å². The molecular weight excluding hydrogens is 637 g/mol. The lowest BCUT2D eigenvalue weighted by atomic mass is 9.68. The van der Waals surface area contributed by atoms with Crippen LogP contribution in [0.15, 0.2) is 170 Å². The van der Waals surface area contributed by atoms with Crippen molar-refractivity contribution in [2.24, 2.45) is 0 Å². The molecule has 2 aliphatic rings. The van der Waals surface area contributed by atoms with E-state index in [4.69, 9.17) is 9.72 Å². The van der Waals surface area contributed by atoms with Crippen LogP contribution in [0.5, 0.6) is 11.5 Å². The normalized spacial score (nSPS) is 15.5. The highest BCUT2D eigenvalue weighted by atomic mass is 16.5. The molecule has 242 valence electrons. The van der Waals surface area contributed by atoms with E-state index >= 15 is 0 Å². The minimum Gasteiger partial charge on any atom is -0.457 e. The third-order valence-electron chi connectivity index (χ3n) is 11.3. The van der Waals surface area contributed by atoms with Gasteiger partial charge in [-0.1, -0.05) is 103 Å². The predicted octanol–water partition coefficient (Wildman–Crippen LogP) is 11.1. The van der Waals surface area contributed by atoms with Crippen molar-refractivity contribution in [3.8, 4) is 34.0 Å². The molecule has 10 aromatic rings. The monoisotopic (exact) mass is 664 g/mol. The SMILES string of the molecule is c1ccc2c(c1)Oc1cc(-n3c4ccccc4c4cc(-n5c6ccccc6c6ccccc65)ccc43)ccc1C21c2ccccc2-c2cncnc21. The summed E-state index contributed by atoms with van der Waals surface area (Å²) < 4.78 is 11.6. The van der Waals surface area contributed by atoms with Gasteiger partial charge in [0.05, 0.1) is 33.2 Å². The molecule has 0 saturated carbocycles. The standard InChI is InChI=1S/C47H28N4O/c1-5-15-37-31(11-1)36-27-48-28-49-46(36)47(37)38-16-6-10-20-44(38)52-45-26-30(21-23-39(45)47)51-42-19-9-4-14-34(42)35-25-29(22-24-43(35)51)50-40-17-7-2-12-32(40)33-13-3-8-18-41(33)50/h1-28H. The zero-order valence-corrected chi connectivity index (χ0v) is 27.9. The number of para-hydroxylation sites is 4. The molecule has 1 spiro atoms. The van der Waals surface area contributed by atoms with E-state index in [1.165, 1.54) is 38.1 Å². The number of benzene rings is 7. The molecule has 0 amide bonds. The highest BCUT2D eigenvalue weighted by Crippen LogP contribution is 2.61. The molecule has 0 saturated heterocycles. The number of hydrogen-bond acceptors (Lipinski definition) is 3. The lowest BCUT2D eigenvalue weighted by Crippen LogP contribution is -2.33. The molecule has 52 heavy (non-hydrogen) atoms. The van der Waals surface area contributed by atoms with Gasteiger partial charge in [0, 0.05) is 61.9 Å². The number of aromatic nitrogens is 4. The van der Waals surface area contributed by atoms with Crippen LogP contribution in [0, 0.1) is 0 Å².